The second-order valence-electron chi connectivity index (χ2n) is 8.80. The molecule has 32 heavy (non-hydrogen) atoms. The van der Waals surface area contributed by atoms with Gasteiger partial charge in [0.1, 0.15) is 5.75 Å². The highest BCUT2D eigenvalue weighted by molar-refractivity contribution is 5.85. The molecule has 4 rings (SSSR count). The van der Waals surface area contributed by atoms with Crippen molar-refractivity contribution in [2.75, 3.05) is 26.4 Å². The smallest absolute Gasteiger partial charge is 0.407 e. The second-order valence-corrected chi connectivity index (χ2v) is 8.80. The minimum Gasteiger partial charge on any atom is -0.482 e. The topological polar surface area (TPSA) is 106 Å². The number of para-hydroxylation sites is 1. The molecule has 3 aliphatic rings. The van der Waals surface area contributed by atoms with Crippen molar-refractivity contribution in [1.82, 2.24) is 10.6 Å². The number of carboxylic acids is 1. The van der Waals surface area contributed by atoms with E-state index >= 15 is 0 Å². The molecule has 0 unspecified atom stereocenters. The van der Waals surface area contributed by atoms with Gasteiger partial charge in [-0.2, -0.15) is 0 Å². The van der Waals surface area contributed by atoms with Crippen LogP contribution in [0.4, 0.5) is 4.79 Å². The Bertz CT molecular complexity index is 782. The Labute approximate surface area is 194 Å². The molecule has 8 nitrogen and oxygen atoms in total. The summed E-state index contributed by atoms with van der Waals surface area (Å²) < 4.78 is 16.9. The van der Waals surface area contributed by atoms with E-state index in [1.54, 1.807) is 0 Å². The standard InChI is InChI=1S/C23H32N2O6.ClH/c26-21(27)15-31-19-5-2-1-4-18(19)16-6-8-17(9-7-16)30-14-20-23(10-3-12-24-20)11-13-29-22(28)25-23;/h1-2,4-5,16-17,20,24H,3,6-15H2,(H,25,28)(H,26,27);1H/t16?,17?,20-,23+;/m0./s1. The Morgan fingerprint density at radius 2 is 1.97 bits per heavy atom. The van der Waals surface area contributed by atoms with Gasteiger partial charge in [0, 0.05) is 6.42 Å². The van der Waals surface area contributed by atoms with Crippen LogP contribution < -0.4 is 15.4 Å². The van der Waals surface area contributed by atoms with Crippen LogP contribution in [0.1, 0.15) is 56.4 Å². The summed E-state index contributed by atoms with van der Waals surface area (Å²) in [5.41, 5.74) is 0.811. The van der Waals surface area contributed by atoms with Gasteiger partial charge in [-0.05, 0) is 62.6 Å². The SMILES string of the molecule is Cl.O=C(O)COc1ccccc1C1CCC(OC[C@@H]2NCCC[C@@]23CCOC(=O)N3)CC1. The third-order valence-corrected chi connectivity index (χ3v) is 6.87. The number of benzene rings is 1. The maximum Gasteiger partial charge on any atom is 0.407 e. The van der Waals surface area contributed by atoms with Crippen LogP contribution in [0.3, 0.4) is 0 Å². The molecule has 2 atom stereocenters. The van der Waals surface area contributed by atoms with Crippen molar-refractivity contribution in [2.45, 2.75) is 68.5 Å². The highest BCUT2D eigenvalue weighted by atomic mass is 35.5. The lowest BCUT2D eigenvalue weighted by atomic mass is 9.79. The van der Waals surface area contributed by atoms with E-state index in [1.165, 1.54) is 0 Å². The summed E-state index contributed by atoms with van der Waals surface area (Å²) in [6.07, 6.45) is 6.51. The first-order valence-electron chi connectivity index (χ1n) is 11.3. The summed E-state index contributed by atoms with van der Waals surface area (Å²) in [6.45, 7) is 1.64. The Balaban J connectivity index is 0.00000289. The first-order valence-corrected chi connectivity index (χ1v) is 11.3. The zero-order chi connectivity index (χ0) is 21.7. The number of alkyl carbamates (subject to hydrolysis) is 1. The number of nitrogens with one attached hydrogen (secondary N) is 2. The molecule has 3 fully saturated rings. The normalized spacial score (nSPS) is 30.0. The van der Waals surface area contributed by atoms with E-state index in [0.29, 0.717) is 24.9 Å². The van der Waals surface area contributed by atoms with E-state index in [0.717, 1.165) is 57.1 Å². The summed E-state index contributed by atoms with van der Waals surface area (Å²) >= 11 is 0. The third-order valence-electron chi connectivity index (χ3n) is 6.87. The fourth-order valence-corrected chi connectivity index (χ4v) is 5.21. The van der Waals surface area contributed by atoms with Gasteiger partial charge in [0.2, 0.25) is 0 Å². The molecular formula is C23H33ClN2O6. The van der Waals surface area contributed by atoms with Gasteiger partial charge in [0.15, 0.2) is 6.61 Å². The van der Waals surface area contributed by atoms with Crippen molar-refractivity contribution in [1.29, 1.82) is 0 Å². The molecule has 1 aliphatic carbocycles. The highest BCUT2D eigenvalue weighted by Crippen LogP contribution is 2.38. The number of cyclic esters (lactones) is 1. The van der Waals surface area contributed by atoms with E-state index < -0.39 is 5.97 Å². The largest absolute Gasteiger partial charge is 0.482 e. The predicted octanol–water partition coefficient (Wildman–Crippen LogP) is 3.24. The van der Waals surface area contributed by atoms with Gasteiger partial charge in [0.05, 0.1) is 30.9 Å². The molecule has 0 aromatic heterocycles. The lowest BCUT2D eigenvalue weighted by molar-refractivity contribution is -0.139. The number of carbonyl (C=O) groups excluding carboxylic acids is 1. The minimum atomic E-state index is -0.971. The van der Waals surface area contributed by atoms with Gasteiger partial charge in [-0.25, -0.2) is 9.59 Å². The van der Waals surface area contributed by atoms with Gasteiger partial charge in [-0.15, -0.1) is 12.4 Å². The molecule has 1 spiro atoms. The number of halogens is 1. The van der Waals surface area contributed by atoms with Gasteiger partial charge in [-0.3, -0.25) is 0 Å². The molecule has 2 saturated heterocycles. The van der Waals surface area contributed by atoms with E-state index in [4.69, 9.17) is 19.3 Å². The van der Waals surface area contributed by atoms with Crippen LogP contribution in [0.25, 0.3) is 0 Å². The zero-order valence-electron chi connectivity index (χ0n) is 18.2. The van der Waals surface area contributed by atoms with Crippen LogP contribution in [-0.2, 0) is 14.3 Å². The zero-order valence-corrected chi connectivity index (χ0v) is 19.0. The van der Waals surface area contributed by atoms with Crippen LogP contribution in [-0.4, -0.2) is 61.2 Å². The number of piperidine rings is 1. The monoisotopic (exact) mass is 468 g/mol. The van der Waals surface area contributed by atoms with Gasteiger partial charge >= 0.3 is 12.1 Å². The molecule has 0 radical (unpaired) electrons. The van der Waals surface area contributed by atoms with Crippen molar-refractivity contribution in [3.8, 4) is 5.75 Å². The number of carboxylic acid groups (broad SMARTS) is 1. The fourth-order valence-electron chi connectivity index (χ4n) is 5.21. The maximum atomic E-state index is 11.8. The van der Waals surface area contributed by atoms with E-state index in [-0.39, 0.29) is 42.8 Å². The van der Waals surface area contributed by atoms with Crippen LogP contribution in [0.2, 0.25) is 0 Å². The lowest BCUT2D eigenvalue weighted by Gasteiger charge is -2.47. The maximum absolute atomic E-state index is 11.8. The number of ether oxygens (including phenoxy) is 3. The molecule has 2 aliphatic heterocycles. The summed E-state index contributed by atoms with van der Waals surface area (Å²) in [5, 5.41) is 15.5. The number of amides is 1. The molecular weight excluding hydrogens is 436 g/mol. The van der Waals surface area contributed by atoms with Crippen LogP contribution in [0.15, 0.2) is 24.3 Å². The van der Waals surface area contributed by atoms with Crippen LogP contribution >= 0.6 is 12.4 Å². The molecule has 1 aromatic carbocycles. The van der Waals surface area contributed by atoms with Crippen LogP contribution in [0, 0.1) is 0 Å². The number of rotatable bonds is 7. The van der Waals surface area contributed by atoms with Crippen molar-refractivity contribution in [3.05, 3.63) is 29.8 Å². The number of hydrogen-bond acceptors (Lipinski definition) is 6. The van der Waals surface area contributed by atoms with Crippen molar-refractivity contribution < 1.29 is 28.9 Å². The molecule has 1 aromatic rings. The average Bonchev–Trinajstić information content (AvgIpc) is 2.78. The molecule has 2 heterocycles. The molecule has 3 N–H and O–H groups in total. The minimum absolute atomic E-state index is 0. The first-order chi connectivity index (χ1) is 15.1. The molecule has 9 heteroatoms. The van der Waals surface area contributed by atoms with E-state index in [9.17, 15) is 9.59 Å². The van der Waals surface area contributed by atoms with Gasteiger partial charge in [-0.1, -0.05) is 18.2 Å². The molecule has 178 valence electrons. The highest BCUT2D eigenvalue weighted by Gasteiger charge is 2.45. The Kier molecular flexibility index (Phi) is 8.62. The van der Waals surface area contributed by atoms with Crippen molar-refractivity contribution >= 4 is 24.5 Å². The number of aliphatic carboxylic acids is 1. The van der Waals surface area contributed by atoms with Crippen molar-refractivity contribution in [2.24, 2.45) is 0 Å². The Morgan fingerprint density at radius 3 is 2.72 bits per heavy atom. The Hall–Kier alpha value is -2.03. The molecule has 1 amide bonds. The predicted molar refractivity (Wildman–Crippen MR) is 121 cm³/mol. The molecule has 0 bridgehead atoms. The summed E-state index contributed by atoms with van der Waals surface area (Å²) in [4.78, 5) is 22.7. The van der Waals surface area contributed by atoms with Crippen molar-refractivity contribution in [3.63, 3.8) is 0 Å². The molecule has 1 saturated carbocycles. The average molecular weight is 469 g/mol. The first kappa shape index (κ1) is 24.6. The van der Waals surface area contributed by atoms with E-state index in [2.05, 4.69) is 10.6 Å². The van der Waals surface area contributed by atoms with Gasteiger partial charge in [0.25, 0.3) is 0 Å². The van der Waals surface area contributed by atoms with Crippen LogP contribution in [0.5, 0.6) is 5.75 Å². The summed E-state index contributed by atoms with van der Waals surface area (Å²) in [6, 6.07) is 7.82. The number of hydrogen-bond donors (Lipinski definition) is 3. The summed E-state index contributed by atoms with van der Waals surface area (Å²) in [5.74, 6) is 0.0402. The Morgan fingerprint density at radius 1 is 1.19 bits per heavy atom. The van der Waals surface area contributed by atoms with Gasteiger partial charge < -0.3 is 30.0 Å². The van der Waals surface area contributed by atoms with E-state index in [1.807, 2.05) is 24.3 Å². The number of carbonyl (C=O) groups is 2. The summed E-state index contributed by atoms with van der Waals surface area (Å²) in [7, 11) is 0. The fraction of sp³-hybridized carbons (Fsp3) is 0.652. The second kappa shape index (κ2) is 11.2. The lowest BCUT2D eigenvalue weighted by Crippen LogP contribution is -2.68. The quantitative estimate of drug-likeness (QED) is 0.564. The third kappa shape index (κ3) is 5.85.